The second-order valence-electron chi connectivity index (χ2n) is 24.3. The van der Waals surface area contributed by atoms with Gasteiger partial charge in [-0.3, -0.25) is 0 Å². The summed E-state index contributed by atoms with van der Waals surface area (Å²) in [5.41, 5.74) is 24.0. The molecular formula is C80H68N2O2. The van der Waals surface area contributed by atoms with E-state index in [1.807, 2.05) is 0 Å². The Balaban J connectivity index is 1.01. The number of fused-ring (bicyclic) bond motifs is 6. The molecule has 84 heavy (non-hydrogen) atoms. The molecule has 0 bridgehead atoms. The van der Waals surface area contributed by atoms with Crippen LogP contribution in [0.1, 0.15) is 110 Å². The molecule has 4 heteroatoms. The molecule has 14 aromatic rings. The van der Waals surface area contributed by atoms with Crippen LogP contribution in [-0.4, -0.2) is 0 Å². The van der Waals surface area contributed by atoms with E-state index >= 15 is 0 Å². The molecule has 0 radical (unpaired) electrons. The Hall–Kier alpha value is -9.12. The van der Waals surface area contributed by atoms with Crippen molar-refractivity contribution in [2.24, 2.45) is 0 Å². The maximum Gasteiger partial charge on any atom is 0.159 e. The van der Waals surface area contributed by atoms with Crippen molar-refractivity contribution in [3.05, 3.63) is 234 Å². The van der Waals surface area contributed by atoms with E-state index in [1.165, 1.54) is 127 Å². The van der Waals surface area contributed by atoms with Gasteiger partial charge in [0.1, 0.15) is 11.2 Å². The molecule has 0 amide bonds. The third kappa shape index (κ3) is 8.08. The average Bonchev–Trinajstić information content (AvgIpc) is 1.02. The molecule has 410 valence electrons. The van der Waals surface area contributed by atoms with Gasteiger partial charge in [0.2, 0.25) is 0 Å². The van der Waals surface area contributed by atoms with E-state index in [9.17, 15) is 0 Å². The highest BCUT2D eigenvalue weighted by molar-refractivity contribution is 6.31. The lowest BCUT2D eigenvalue weighted by molar-refractivity contribution is 0.670. The van der Waals surface area contributed by atoms with E-state index < -0.39 is 0 Å². The fourth-order valence-electron chi connectivity index (χ4n) is 15.3. The molecule has 0 saturated heterocycles. The lowest BCUT2D eigenvalue weighted by Crippen LogP contribution is -2.13. The summed E-state index contributed by atoms with van der Waals surface area (Å²) in [5, 5.41) is 16.5. The summed E-state index contributed by atoms with van der Waals surface area (Å²) in [4.78, 5) is 2.56. The lowest BCUT2D eigenvalue weighted by Gasteiger charge is -2.30. The van der Waals surface area contributed by atoms with Gasteiger partial charge in [-0.05, 0) is 190 Å². The first kappa shape index (κ1) is 50.6. The van der Waals surface area contributed by atoms with E-state index in [1.54, 1.807) is 0 Å². The Labute approximate surface area is 491 Å². The molecule has 0 atom stereocenters. The van der Waals surface area contributed by atoms with Gasteiger partial charge in [-0.15, -0.1) is 0 Å². The number of para-hydroxylation sites is 3. The topological polar surface area (TPSA) is 41.5 Å². The van der Waals surface area contributed by atoms with Gasteiger partial charge in [-0.25, -0.2) is 0 Å². The van der Waals surface area contributed by atoms with Crippen LogP contribution in [0.5, 0.6) is 0 Å². The van der Waals surface area contributed by atoms with E-state index in [2.05, 4.69) is 238 Å². The van der Waals surface area contributed by atoms with Crippen molar-refractivity contribution in [1.82, 2.24) is 0 Å². The number of furan rings is 2. The standard InChI is InChI=1S/C80H68N2O2/c1-5-50-22-15-28-54(44-50)81-76-61(41-42-67-65-35-18-33-63(78(65)84-80(67)76)57-31-14-8-21-49(57)4)70-46-71-69(53-26-11-12-27-53)47-73(68-43-40-59-58(52-24-9-10-25-52)38-39-60(70)74(59)75(68)71)82(55-29-16-23-51(6-2)45-55)72-37-19-36-66-64-34-17-32-62(77(64)83-79(66)72)56-30-13-7-20-48(56)3/h7-8,13-23,28-47,52-53,81H,5-6,9-12,24-27H2,1-4H3. The molecule has 0 unspecified atom stereocenters. The molecule has 2 aliphatic carbocycles. The molecule has 2 aromatic heterocycles. The number of hydrogen-bond acceptors (Lipinski definition) is 4. The highest BCUT2D eigenvalue weighted by Crippen LogP contribution is 2.55. The van der Waals surface area contributed by atoms with Crippen molar-refractivity contribution >= 4 is 105 Å². The minimum Gasteiger partial charge on any atom is -0.453 e. The Bertz CT molecular complexity index is 4910. The fourth-order valence-corrected chi connectivity index (χ4v) is 15.3. The van der Waals surface area contributed by atoms with Crippen LogP contribution >= 0.6 is 0 Å². The van der Waals surface area contributed by atoms with Crippen molar-refractivity contribution in [2.45, 2.75) is 104 Å². The second kappa shape index (κ2) is 20.3. The van der Waals surface area contributed by atoms with Crippen molar-refractivity contribution in [3.63, 3.8) is 0 Å². The van der Waals surface area contributed by atoms with E-state index in [0.29, 0.717) is 11.8 Å². The predicted molar refractivity (Wildman–Crippen MR) is 356 cm³/mol. The third-order valence-corrected chi connectivity index (χ3v) is 19.5. The van der Waals surface area contributed by atoms with Crippen LogP contribution in [0.15, 0.2) is 209 Å². The summed E-state index contributed by atoms with van der Waals surface area (Å²) >= 11 is 0. The Morgan fingerprint density at radius 2 is 0.917 bits per heavy atom. The number of rotatable bonds is 12. The quantitative estimate of drug-likeness (QED) is 0.124. The first-order chi connectivity index (χ1) is 41.4. The van der Waals surface area contributed by atoms with Crippen LogP contribution in [0, 0.1) is 13.8 Å². The van der Waals surface area contributed by atoms with Gasteiger partial charge in [0, 0.05) is 55.0 Å². The zero-order chi connectivity index (χ0) is 56.2. The summed E-state index contributed by atoms with van der Waals surface area (Å²) in [7, 11) is 0. The van der Waals surface area contributed by atoms with Gasteiger partial charge < -0.3 is 19.1 Å². The van der Waals surface area contributed by atoms with Gasteiger partial charge >= 0.3 is 0 Å². The van der Waals surface area contributed by atoms with Crippen LogP contribution in [0.25, 0.3) is 110 Å². The molecule has 2 fully saturated rings. The molecule has 1 N–H and O–H groups in total. The van der Waals surface area contributed by atoms with E-state index in [4.69, 9.17) is 8.83 Å². The van der Waals surface area contributed by atoms with Crippen LogP contribution in [0.3, 0.4) is 0 Å². The summed E-state index contributed by atoms with van der Waals surface area (Å²) < 4.78 is 14.8. The normalized spacial score (nSPS) is 14.3. The number of benzene rings is 12. The maximum absolute atomic E-state index is 7.40. The Kier molecular flexibility index (Phi) is 12.3. The predicted octanol–water partition coefficient (Wildman–Crippen LogP) is 23.7. The molecule has 0 spiro atoms. The zero-order valence-corrected chi connectivity index (χ0v) is 48.5. The van der Waals surface area contributed by atoms with Gasteiger partial charge in [0.15, 0.2) is 11.2 Å². The summed E-state index contributed by atoms with van der Waals surface area (Å²) in [6, 6.07) is 75.5. The molecule has 0 aliphatic heterocycles. The minimum absolute atomic E-state index is 0.394. The number of nitrogens with zero attached hydrogens (tertiary/aromatic N) is 1. The van der Waals surface area contributed by atoms with Crippen molar-refractivity contribution < 1.29 is 8.83 Å². The van der Waals surface area contributed by atoms with Crippen LogP contribution in [0.2, 0.25) is 0 Å². The molecule has 16 rings (SSSR count). The van der Waals surface area contributed by atoms with Gasteiger partial charge in [-0.1, -0.05) is 191 Å². The van der Waals surface area contributed by atoms with E-state index in [-0.39, 0.29) is 0 Å². The molecule has 4 nitrogen and oxygen atoms in total. The smallest absolute Gasteiger partial charge is 0.159 e. The second-order valence-corrected chi connectivity index (χ2v) is 24.3. The zero-order valence-electron chi connectivity index (χ0n) is 48.5. The maximum atomic E-state index is 7.40. The molecular weight excluding hydrogens is 1020 g/mol. The first-order valence-corrected chi connectivity index (χ1v) is 31.0. The fraction of sp³-hybridized carbons (Fsp3) is 0.200. The summed E-state index contributed by atoms with van der Waals surface area (Å²) in [5.74, 6) is 0.915. The van der Waals surface area contributed by atoms with Gasteiger partial charge in [0.25, 0.3) is 0 Å². The van der Waals surface area contributed by atoms with E-state index in [0.717, 1.165) is 109 Å². The number of anilines is 5. The first-order valence-electron chi connectivity index (χ1n) is 31.0. The minimum atomic E-state index is 0.394. The Morgan fingerprint density at radius 3 is 1.60 bits per heavy atom. The summed E-state index contributed by atoms with van der Waals surface area (Å²) in [6.07, 6.45) is 11.6. The number of aryl methyl sites for hydroxylation is 4. The number of hydrogen-bond donors (Lipinski definition) is 1. The van der Waals surface area contributed by atoms with Crippen molar-refractivity contribution in [3.8, 4) is 33.4 Å². The largest absolute Gasteiger partial charge is 0.453 e. The highest BCUT2D eigenvalue weighted by Gasteiger charge is 2.31. The lowest BCUT2D eigenvalue weighted by atomic mass is 9.80. The summed E-state index contributed by atoms with van der Waals surface area (Å²) in [6.45, 7) is 8.90. The average molecular weight is 1090 g/mol. The highest BCUT2D eigenvalue weighted by atomic mass is 16.3. The third-order valence-electron chi connectivity index (χ3n) is 19.5. The Morgan fingerprint density at radius 1 is 0.381 bits per heavy atom. The van der Waals surface area contributed by atoms with Crippen molar-refractivity contribution in [2.75, 3.05) is 10.2 Å². The van der Waals surface area contributed by atoms with Crippen LogP contribution < -0.4 is 10.2 Å². The van der Waals surface area contributed by atoms with Crippen LogP contribution in [0.4, 0.5) is 28.4 Å². The SMILES string of the molecule is CCc1cccc(Nc2c(-c3cc4c(C5CCCC5)cc(N(c5cccc(CC)c5)c5cccc6c5oc5c(-c7ccccc7C)cccc56)c5ccc6c(C7CCCC7)ccc3c6c45)ccc3c2oc2c(-c4ccccc4C)cccc23)c1. The van der Waals surface area contributed by atoms with Crippen LogP contribution in [-0.2, 0) is 12.8 Å². The van der Waals surface area contributed by atoms with Crippen molar-refractivity contribution in [1.29, 1.82) is 0 Å². The number of nitrogens with one attached hydrogen (secondary N) is 1. The molecule has 2 aliphatic rings. The van der Waals surface area contributed by atoms with Gasteiger partial charge in [-0.2, -0.15) is 0 Å². The monoisotopic (exact) mass is 1090 g/mol. The molecule has 12 aromatic carbocycles. The molecule has 2 saturated carbocycles. The van der Waals surface area contributed by atoms with Gasteiger partial charge in [0.05, 0.1) is 17.1 Å². The molecule has 2 heterocycles.